The zero-order valence-electron chi connectivity index (χ0n) is 30.4. The number of rotatable bonds is 34. The van der Waals surface area contributed by atoms with Gasteiger partial charge in [0.2, 0.25) is 0 Å². The number of hydrogen-bond acceptors (Lipinski definition) is 6. The molecule has 0 aliphatic heterocycles. The molecule has 9 heteroatoms. The number of phosphoric acid groups is 1. The highest BCUT2D eigenvalue weighted by Gasteiger charge is 2.22. The van der Waals surface area contributed by atoms with Crippen LogP contribution in [0.15, 0.2) is 48.6 Å². The van der Waals surface area contributed by atoms with E-state index in [1.54, 1.807) is 0 Å². The Kier molecular flexibility index (Phi) is 33.4. The Hall–Kier alpha value is -1.99. The van der Waals surface area contributed by atoms with Crippen molar-refractivity contribution in [1.82, 2.24) is 0 Å². The number of phosphoric ester groups is 1. The Morgan fingerprint density at radius 1 is 0.542 bits per heavy atom. The fourth-order valence-corrected chi connectivity index (χ4v) is 5.32. The summed E-state index contributed by atoms with van der Waals surface area (Å²) in [6.07, 6.45) is 41.2. The van der Waals surface area contributed by atoms with Gasteiger partial charge in [0.15, 0.2) is 6.10 Å². The van der Waals surface area contributed by atoms with Crippen LogP contribution in [0.2, 0.25) is 0 Å². The summed E-state index contributed by atoms with van der Waals surface area (Å²) in [5.74, 6) is -0.942. The van der Waals surface area contributed by atoms with E-state index in [-0.39, 0.29) is 19.4 Å². The Labute approximate surface area is 293 Å². The van der Waals surface area contributed by atoms with Gasteiger partial charge in [0.1, 0.15) is 6.61 Å². The van der Waals surface area contributed by atoms with Crippen LogP contribution in [-0.2, 0) is 28.2 Å². The zero-order valence-corrected chi connectivity index (χ0v) is 31.3. The largest absolute Gasteiger partial charge is 0.469 e. The maximum Gasteiger partial charge on any atom is 0.469 e. The molecule has 0 aromatic rings. The number of allylic oxidation sites excluding steroid dienone is 8. The van der Waals surface area contributed by atoms with Gasteiger partial charge in [-0.2, -0.15) is 0 Å². The molecule has 0 rings (SSSR count). The van der Waals surface area contributed by atoms with Crippen molar-refractivity contribution in [2.45, 2.75) is 174 Å². The van der Waals surface area contributed by atoms with Crippen LogP contribution in [0.25, 0.3) is 0 Å². The van der Waals surface area contributed by atoms with E-state index >= 15 is 0 Å². The normalized spacial score (nSPS) is 13.0. The molecular formula is C39H69O8P. The van der Waals surface area contributed by atoms with Crippen LogP contribution in [0.5, 0.6) is 0 Å². The molecule has 0 unspecified atom stereocenters. The molecule has 0 aliphatic rings. The van der Waals surface area contributed by atoms with Crippen molar-refractivity contribution in [3.05, 3.63) is 48.6 Å². The molecule has 2 N–H and O–H groups in total. The molecule has 0 saturated heterocycles. The first kappa shape index (κ1) is 46.0. The zero-order chi connectivity index (χ0) is 35.4. The van der Waals surface area contributed by atoms with Crippen molar-refractivity contribution < 1.29 is 37.9 Å². The third kappa shape index (κ3) is 36.8. The van der Waals surface area contributed by atoms with Crippen LogP contribution in [0.3, 0.4) is 0 Å². The Morgan fingerprint density at radius 2 is 0.938 bits per heavy atom. The minimum atomic E-state index is -4.76. The van der Waals surface area contributed by atoms with Gasteiger partial charge < -0.3 is 19.3 Å². The quantitative estimate of drug-likeness (QED) is 0.0295. The second kappa shape index (κ2) is 34.9. The van der Waals surface area contributed by atoms with E-state index in [1.165, 1.54) is 64.2 Å². The van der Waals surface area contributed by atoms with E-state index in [0.717, 1.165) is 64.2 Å². The fraction of sp³-hybridized carbons (Fsp3) is 0.744. The lowest BCUT2D eigenvalue weighted by molar-refractivity contribution is -0.161. The number of carbonyl (C=O) groups is 2. The second-order valence-electron chi connectivity index (χ2n) is 12.5. The number of ether oxygens (including phenoxy) is 2. The molecule has 8 nitrogen and oxygen atoms in total. The molecule has 0 spiro atoms. The summed E-state index contributed by atoms with van der Waals surface area (Å²) < 4.78 is 26.3. The van der Waals surface area contributed by atoms with E-state index in [2.05, 4.69) is 67.0 Å². The van der Waals surface area contributed by atoms with Crippen LogP contribution in [0, 0.1) is 0 Å². The molecule has 1 atom stereocenters. The van der Waals surface area contributed by atoms with Gasteiger partial charge >= 0.3 is 19.8 Å². The van der Waals surface area contributed by atoms with Gasteiger partial charge in [-0.3, -0.25) is 14.1 Å². The van der Waals surface area contributed by atoms with Crippen molar-refractivity contribution in [2.24, 2.45) is 0 Å². The molecule has 0 bridgehead atoms. The molecule has 0 saturated carbocycles. The lowest BCUT2D eigenvalue weighted by atomic mass is 10.1. The first-order valence-corrected chi connectivity index (χ1v) is 20.5. The standard InChI is InChI=1S/C39H69O8P/c1-3-5-7-9-11-13-15-17-19-21-23-25-27-29-31-33-38(40)45-35-37(36-46-48(42,43)44)47-39(41)34-32-30-28-26-24-22-20-18-16-14-12-10-8-6-4-2/h11,13,17-20,23,25,37H,3-10,12,14-16,21-22,24,26-36H2,1-2H3,(H2,42,43,44)/b13-11+,19-17+,20-18+,25-23+/t37-/m1/s1. The van der Waals surface area contributed by atoms with E-state index in [4.69, 9.17) is 19.3 Å². The first-order valence-electron chi connectivity index (χ1n) is 18.9. The molecule has 0 aliphatic carbocycles. The average molecular weight is 697 g/mol. The topological polar surface area (TPSA) is 119 Å². The highest BCUT2D eigenvalue weighted by Crippen LogP contribution is 2.36. The minimum absolute atomic E-state index is 0.192. The maximum atomic E-state index is 12.4. The predicted molar refractivity (Wildman–Crippen MR) is 198 cm³/mol. The summed E-state index contributed by atoms with van der Waals surface area (Å²) in [7, 11) is -4.76. The van der Waals surface area contributed by atoms with E-state index in [0.29, 0.717) is 12.8 Å². The summed E-state index contributed by atoms with van der Waals surface area (Å²) in [4.78, 5) is 42.7. The summed E-state index contributed by atoms with van der Waals surface area (Å²) >= 11 is 0. The van der Waals surface area contributed by atoms with Crippen LogP contribution >= 0.6 is 7.82 Å². The smallest absolute Gasteiger partial charge is 0.462 e. The maximum absolute atomic E-state index is 12.4. The molecule has 278 valence electrons. The van der Waals surface area contributed by atoms with Gasteiger partial charge in [-0.05, 0) is 77.0 Å². The SMILES string of the molecule is CCCCC/C=C/C/C=C/C/C=C/CCCCC(=O)OC[C@H](COP(=O)(O)O)OC(=O)CCCCCCC/C=C/CCCCCCCC. The molecule has 0 radical (unpaired) electrons. The minimum Gasteiger partial charge on any atom is -0.462 e. The molecule has 0 aromatic carbocycles. The second-order valence-corrected chi connectivity index (χ2v) is 13.8. The Bertz CT molecular complexity index is 921. The van der Waals surface area contributed by atoms with Crippen molar-refractivity contribution >= 4 is 19.8 Å². The molecule has 0 aromatic heterocycles. The highest BCUT2D eigenvalue weighted by atomic mass is 31.2. The summed E-state index contributed by atoms with van der Waals surface area (Å²) in [6.45, 7) is 3.59. The summed E-state index contributed by atoms with van der Waals surface area (Å²) in [6, 6.07) is 0. The highest BCUT2D eigenvalue weighted by molar-refractivity contribution is 7.46. The average Bonchev–Trinajstić information content (AvgIpc) is 3.05. The van der Waals surface area contributed by atoms with Crippen LogP contribution in [0.4, 0.5) is 0 Å². The number of esters is 2. The van der Waals surface area contributed by atoms with Crippen LogP contribution in [-0.4, -0.2) is 41.0 Å². The molecule has 0 amide bonds. The predicted octanol–water partition coefficient (Wildman–Crippen LogP) is 11.2. The lowest BCUT2D eigenvalue weighted by Gasteiger charge is -2.18. The molecular weight excluding hydrogens is 627 g/mol. The number of carbonyl (C=O) groups excluding carboxylic acids is 2. The van der Waals surface area contributed by atoms with Gasteiger partial charge in [-0.1, -0.05) is 127 Å². The van der Waals surface area contributed by atoms with Crippen molar-refractivity contribution in [3.8, 4) is 0 Å². The molecule has 0 fully saturated rings. The molecule has 0 heterocycles. The number of unbranched alkanes of at least 4 members (excludes halogenated alkanes) is 16. The van der Waals surface area contributed by atoms with Gasteiger partial charge in [-0.15, -0.1) is 0 Å². The van der Waals surface area contributed by atoms with Crippen molar-refractivity contribution in [3.63, 3.8) is 0 Å². The third-order valence-corrected chi connectivity index (χ3v) is 8.31. The van der Waals surface area contributed by atoms with Gasteiger partial charge in [-0.25, -0.2) is 4.57 Å². The van der Waals surface area contributed by atoms with Crippen LogP contribution in [0.1, 0.15) is 168 Å². The van der Waals surface area contributed by atoms with Crippen LogP contribution < -0.4 is 0 Å². The van der Waals surface area contributed by atoms with E-state index < -0.39 is 32.5 Å². The summed E-state index contributed by atoms with van der Waals surface area (Å²) in [5, 5.41) is 0. The van der Waals surface area contributed by atoms with Crippen molar-refractivity contribution in [2.75, 3.05) is 13.2 Å². The van der Waals surface area contributed by atoms with Gasteiger partial charge in [0, 0.05) is 12.8 Å². The van der Waals surface area contributed by atoms with Gasteiger partial charge in [0.05, 0.1) is 6.61 Å². The first-order chi connectivity index (χ1) is 23.3. The monoisotopic (exact) mass is 696 g/mol. The van der Waals surface area contributed by atoms with E-state index in [9.17, 15) is 14.2 Å². The molecule has 48 heavy (non-hydrogen) atoms. The lowest BCUT2D eigenvalue weighted by Crippen LogP contribution is -2.29. The summed E-state index contributed by atoms with van der Waals surface area (Å²) in [5.41, 5.74) is 0. The third-order valence-electron chi connectivity index (χ3n) is 7.82. The Morgan fingerprint density at radius 3 is 1.50 bits per heavy atom. The van der Waals surface area contributed by atoms with Gasteiger partial charge in [0.25, 0.3) is 0 Å². The fourth-order valence-electron chi connectivity index (χ4n) is 4.96. The Balaban J connectivity index is 4.06. The number of hydrogen-bond donors (Lipinski definition) is 2. The van der Waals surface area contributed by atoms with Crippen molar-refractivity contribution in [1.29, 1.82) is 0 Å². The van der Waals surface area contributed by atoms with E-state index in [1.807, 2.05) is 0 Å².